The van der Waals surface area contributed by atoms with Crippen LogP contribution >= 0.6 is 0 Å². The maximum atomic E-state index is 12.4. The molecule has 0 atom stereocenters. The average Bonchev–Trinajstić information content (AvgIpc) is 3.00. The topological polar surface area (TPSA) is 96.5 Å². The van der Waals surface area contributed by atoms with E-state index in [4.69, 9.17) is 9.47 Å². The van der Waals surface area contributed by atoms with Crippen LogP contribution in [0.25, 0.3) is 5.69 Å². The van der Waals surface area contributed by atoms with Gasteiger partial charge in [-0.15, -0.1) is 0 Å². The highest BCUT2D eigenvalue weighted by atomic mass is 16.6. The first-order chi connectivity index (χ1) is 13.9. The van der Waals surface area contributed by atoms with Gasteiger partial charge in [0.2, 0.25) is 0 Å². The number of aromatic nitrogens is 2. The predicted octanol–water partition coefficient (Wildman–Crippen LogP) is 3.69. The van der Waals surface area contributed by atoms with Crippen molar-refractivity contribution in [1.29, 1.82) is 0 Å². The van der Waals surface area contributed by atoms with Crippen molar-refractivity contribution in [3.8, 4) is 11.4 Å². The van der Waals surface area contributed by atoms with Gasteiger partial charge >= 0.3 is 5.97 Å². The number of esters is 1. The summed E-state index contributed by atoms with van der Waals surface area (Å²) in [6.07, 6.45) is 0.0573. The molecule has 1 heterocycles. The van der Waals surface area contributed by atoms with Gasteiger partial charge in [0.15, 0.2) is 0 Å². The van der Waals surface area contributed by atoms with Crippen LogP contribution < -0.4 is 4.74 Å². The van der Waals surface area contributed by atoms with Gasteiger partial charge in [-0.25, -0.2) is 4.68 Å². The number of benzene rings is 2. The number of hydrogen-bond acceptors (Lipinski definition) is 6. The number of hydrogen-bond donors (Lipinski definition) is 0. The van der Waals surface area contributed by atoms with Crippen molar-refractivity contribution < 1.29 is 19.2 Å². The summed E-state index contributed by atoms with van der Waals surface area (Å²) < 4.78 is 12.3. The Labute approximate surface area is 167 Å². The zero-order chi connectivity index (χ0) is 21.0. The molecule has 150 valence electrons. The number of carbonyl (C=O) groups is 1. The molecular formula is C21H21N3O5. The number of rotatable bonds is 7. The lowest BCUT2D eigenvalue weighted by atomic mass is 10.1. The zero-order valence-corrected chi connectivity index (χ0v) is 16.4. The van der Waals surface area contributed by atoms with E-state index < -0.39 is 10.9 Å². The molecule has 0 saturated heterocycles. The van der Waals surface area contributed by atoms with Crippen molar-refractivity contribution in [2.45, 2.75) is 26.9 Å². The van der Waals surface area contributed by atoms with Crippen LogP contribution in [0.15, 0.2) is 48.5 Å². The van der Waals surface area contributed by atoms with E-state index in [9.17, 15) is 14.9 Å². The molecule has 0 radical (unpaired) electrons. The average molecular weight is 395 g/mol. The Morgan fingerprint density at radius 3 is 2.55 bits per heavy atom. The Morgan fingerprint density at radius 1 is 1.17 bits per heavy atom. The van der Waals surface area contributed by atoms with Gasteiger partial charge in [-0.05, 0) is 32.0 Å². The molecule has 0 saturated carbocycles. The van der Waals surface area contributed by atoms with Crippen LogP contribution in [-0.4, -0.2) is 27.8 Å². The van der Waals surface area contributed by atoms with Crippen molar-refractivity contribution in [1.82, 2.24) is 9.78 Å². The lowest BCUT2D eigenvalue weighted by molar-refractivity contribution is -0.385. The normalized spacial score (nSPS) is 10.6. The lowest BCUT2D eigenvalue weighted by Crippen LogP contribution is -2.10. The number of nitrogens with zero attached hydrogens (tertiary/aromatic N) is 3. The van der Waals surface area contributed by atoms with Crippen LogP contribution in [0.3, 0.4) is 0 Å². The monoisotopic (exact) mass is 395 g/mol. The fraction of sp³-hybridized carbons (Fsp3) is 0.238. The fourth-order valence-electron chi connectivity index (χ4n) is 3.10. The summed E-state index contributed by atoms with van der Waals surface area (Å²) in [5.41, 5.74) is 3.66. The Morgan fingerprint density at radius 2 is 1.90 bits per heavy atom. The molecule has 29 heavy (non-hydrogen) atoms. The Balaban J connectivity index is 1.73. The number of methoxy groups -OCH3 is 1. The Kier molecular flexibility index (Phi) is 5.92. The second kappa shape index (κ2) is 8.55. The third-order valence-corrected chi connectivity index (χ3v) is 4.63. The number of nitro benzene ring substituents is 1. The van der Waals surface area contributed by atoms with Gasteiger partial charge in [0.05, 0.1) is 29.8 Å². The van der Waals surface area contributed by atoms with Crippen LogP contribution in [0, 0.1) is 24.0 Å². The fourth-order valence-corrected chi connectivity index (χ4v) is 3.10. The van der Waals surface area contributed by atoms with Crippen LogP contribution in [0.2, 0.25) is 0 Å². The van der Waals surface area contributed by atoms with Gasteiger partial charge in [0, 0.05) is 29.0 Å². The number of carbonyl (C=O) groups excluding carboxylic acids is 1. The van der Waals surface area contributed by atoms with E-state index in [2.05, 4.69) is 5.10 Å². The van der Waals surface area contributed by atoms with Gasteiger partial charge < -0.3 is 9.47 Å². The van der Waals surface area contributed by atoms with Gasteiger partial charge in [-0.1, -0.05) is 18.2 Å². The number of ether oxygens (including phenoxy) is 2. The van der Waals surface area contributed by atoms with E-state index in [-0.39, 0.29) is 18.7 Å². The summed E-state index contributed by atoms with van der Waals surface area (Å²) >= 11 is 0. The van der Waals surface area contributed by atoms with Crippen molar-refractivity contribution >= 4 is 11.7 Å². The van der Waals surface area contributed by atoms with Crippen molar-refractivity contribution in [2.24, 2.45) is 0 Å². The van der Waals surface area contributed by atoms with Gasteiger partial charge in [-0.3, -0.25) is 14.9 Å². The first-order valence-electron chi connectivity index (χ1n) is 8.98. The zero-order valence-electron chi connectivity index (χ0n) is 16.4. The smallest absolute Gasteiger partial charge is 0.310 e. The van der Waals surface area contributed by atoms with Gasteiger partial charge in [0.25, 0.3) is 5.69 Å². The van der Waals surface area contributed by atoms with Crippen LogP contribution in [0.5, 0.6) is 5.75 Å². The summed E-state index contributed by atoms with van der Waals surface area (Å²) in [5, 5.41) is 15.5. The van der Waals surface area contributed by atoms with E-state index >= 15 is 0 Å². The minimum absolute atomic E-state index is 0.0573. The molecular weight excluding hydrogens is 374 g/mol. The van der Waals surface area contributed by atoms with Crippen molar-refractivity contribution in [2.75, 3.05) is 7.11 Å². The highest BCUT2D eigenvalue weighted by Gasteiger charge is 2.18. The van der Waals surface area contributed by atoms with Crippen molar-refractivity contribution in [3.05, 3.63) is 81.2 Å². The van der Waals surface area contributed by atoms with Gasteiger partial charge in [0.1, 0.15) is 12.4 Å². The standard InChI is InChI=1S/C21H21N3O5/c1-14-19(15(2)23(22-14)17-7-5-4-6-8-17)12-21(25)29-13-16-11-18(24(26)27)9-10-20(16)28-3/h4-11H,12-13H2,1-3H3. The molecule has 2 aromatic carbocycles. The Hall–Kier alpha value is -3.68. The number of para-hydroxylation sites is 1. The maximum Gasteiger partial charge on any atom is 0.310 e. The van der Waals surface area contributed by atoms with Crippen LogP contribution in [0.1, 0.15) is 22.5 Å². The Bertz CT molecular complexity index is 1040. The lowest BCUT2D eigenvalue weighted by Gasteiger charge is -2.10. The molecule has 0 aliphatic rings. The first kappa shape index (κ1) is 20.1. The molecule has 0 N–H and O–H groups in total. The van der Waals surface area contributed by atoms with E-state index in [1.807, 2.05) is 44.2 Å². The highest BCUT2D eigenvalue weighted by Crippen LogP contribution is 2.25. The van der Waals surface area contributed by atoms with Crippen LogP contribution in [-0.2, 0) is 22.6 Å². The molecule has 3 rings (SSSR count). The molecule has 8 nitrogen and oxygen atoms in total. The summed E-state index contributed by atoms with van der Waals surface area (Å²) in [6, 6.07) is 13.8. The number of non-ortho nitro benzene ring substituents is 1. The van der Waals surface area contributed by atoms with E-state index in [1.54, 1.807) is 4.68 Å². The van der Waals surface area contributed by atoms with Crippen LogP contribution in [0.4, 0.5) is 5.69 Å². The molecule has 0 fully saturated rings. The molecule has 3 aromatic rings. The summed E-state index contributed by atoms with van der Waals surface area (Å²) in [7, 11) is 1.46. The number of nitro groups is 1. The summed E-state index contributed by atoms with van der Waals surface area (Å²) in [4.78, 5) is 22.9. The molecule has 0 aliphatic carbocycles. The minimum atomic E-state index is -0.505. The first-order valence-corrected chi connectivity index (χ1v) is 8.98. The predicted molar refractivity (Wildman–Crippen MR) is 106 cm³/mol. The molecule has 1 aromatic heterocycles. The summed E-state index contributed by atoms with van der Waals surface area (Å²) in [5.74, 6) is -0.0231. The minimum Gasteiger partial charge on any atom is -0.496 e. The van der Waals surface area contributed by atoms with E-state index in [0.29, 0.717) is 11.3 Å². The maximum absolute atomic E-state index is 12.4. The SMILES string of the molecule is COc1ccc([N+](=O)[O-])cc1COC(=O)Cc1c(C)nn(-c2ccccc2)c1C. The second-order valence-corrected chi connectivity index (χ2v) is 6.49. The second-order valence-electron chi connectivity index (χ2n) is 6.49. The third kappa shape index (κ3) is 4.43. The quantitative estimate of drug-likeness (QED) is 0.344. The molecule has 0 amide bonds. The van der Waals surface area contributed by atoms with E-state index in [0.717, 1.165) is 22.6 Å². The highest BCUT2D eigenvalue weighted by molar-refractivity contribution is 5.73. The van der Waals surface area contributed by atoms with Crippen molar-refractivity contribution in [3.63, 3.8) is 0 Å². The third-order valence-electron chi connectivity index (χ3n) is 4.63. The molecule has 0 unspecified atom stereocenters. The molecule has 0 aliphatic heterocycles. The number of aryl methyl sites for hydroxylation is 1. The molecule has 0 bridgehead atoms. The summed E-state index contributed by atoms with van der Waals surface area (Å²) in [6.45, 7) is 3.63. The molecule has 8 heteroatoms. The largest absolute Gasteiger partial charge is 0.496 e. The van der Waals surface area contributed by atoms with Gasteiger partial charge in [-0.2, -0.15) is 5.10 Å². The van der Waals surface area contributed by atoms with E-state index in [1.165, 1.54) is 25.3 Å². The molecule has 0 spiro atoms.